The van der Waals surface area contributed by atoms with E-state index in [2.05, 4.69) is 5.18 Å². The van der Waals surface area contributed by atoms with Crippen LogP contribution in [0.15, 0.2) is 66.0 Å². The highest BCUT2D eigenvalue weighted by molar-refractivity contribution is 5.99. The summed E-state index contributed by atoms with van der Waals surface area (Å²) in [6.45, 7) is 6.33. The number of allylic oxidation sites excluding steroid dienone is 3. The summed E-state index contributed by atoms with van der Waals surface area (Å²) in [6, 6.07) is 3.59. The number of nitrogens with zero attached hydrogens (tertiary/aromatic N) is 3. The van der Waals surface area contributed by atoms with Crippen molar-refractivity contribution in [2.24, 2.45) is 10.6 Å². The van der Waals surface area contributed by atoms with Gasteiger partial charge >= 0.3 is 0 Å². The highest BCUT2D eigenvalue weighted by atomic mass is 16.5. The Kier molecular flexibility index (Phi) is 5.76. The fraction of sp³-hybridized carbons (Fsp3) is 0.333. The van der Waals surface area contributed by atoms with Crippen LogP contribution < -0.4 is 4.57 Å². The minimum atomic E-state index is -0.397. The quantitative estimate of drug-likeness (QED) is 0.457. The number of ketones is 1. The van der Waals surface area contributed by atoms with Crippen molar-refractivity contribution < 1.29 is 14.1 Å². The van der Waals surface area contributed by atoms with Crippen LogP contribution in [0.1, 0.15) is 31.1 Å². The average molecular weight is 328 g/mol. The van der Waals surface area contributed by atoms with Gasteiger partial charge in [0.05, 0.1) is 11.9 Å². The number of hydrogen-bond donors (Lipinski definition) is 0. The van der Waals surface area contributed by atoms with E-state index in [4.69, 9.17) is 4.74 Å². The van der Waals surface area contributed by atoms with Gasteiger partial charge in [0.1, 0.15) is 6.73 Å². The topological polar surface area (TPSA) is 62.9 Å². The molecule has 0 aliphatic carbocycles. The van der Waals surface area contributed by atoms with Crippen LogP contribution in [-0.4, -0.2) is 17.4 Å². The number of nitroso groups, excluding NO2 is 1. The minimum absolute atomic E-state index is 0.108. The van der Waals surface area contributed by atoms with Crippen LogP contribution in [0.5, 0.6) is 0 Å². The van der Waals surface area contributed by atoms with E-state index in [-0.39, 0.29) is 12.5 Å². The summed E-state index contributed by atoms with van der Waals surface area (Å²) in [7, 11) is 0. The van der Waals surface area contributed by atoms with E-state index in [0.29, 0.717) is 18.0 Å². The van der Waals surface area contributed by atoms with Crippen molar-refractivity contribution in [2.45, 2.75) is 27.5 Å². The molecule has 0 amide bonds. The number of ether oxygens (including phenoxy) is 1. The third kappa shape index (κ3) is 4.70. The molecule has 1 aliphatic heterocycles. The average Bonchev–Trinajstić information content (AvgIpc) is 2.56. The molecule has 24 heavy (non-hydrogen) atoms. The zero-order valence-corrected chi connectivity index (χ0v) is 14.2. The van der Waals surface area contributed by atoms with Crippen molar-refractivity contribution in [2.75, 3.05) is 6.73 Å². The Balaban J connectivity index is 1.90. The Hall–Kier alpha value is -2.60. The molecular weight excluding hydrogens is 306 g/mol. The van der Waals surface area contributed by atoms with Crippen LogP contribution in [0.3, 0.4) is 0 Å². The third-order valence-electron chi connectivity index (χ3n) is 3.47. The molecule has 0 N–H and O–H groups in total. The van der Waals surface area contributed by atoms with Crippen LogP contribution in [0.25, 0.3) is 0 Å². The molecule has 0 radical (unpaired) electrons. The van der Waals surface area contributed by atoms with E-state index in [1.807, 2.05) is 56.1 Å². The molecule has 0 saturated heterocycles. The highest BCUT2D eigenvalue weighted by Gasteiger charge is 2.23. The number of hydrogen-bond acceptors (Lipinski definition) is 5. The van der Waals surface area contributed by atoms with Crippen molar-refractivity contribution in [1.82, 2.24) is 4.90 Å². The van der Waals surface area contributed by atoms with E-state index in [1.165, 1.54) is 6.20 Å². The van der Waals surface area contributed by atoms with Crippen molar-refractivity contribution in [3.63, 3.8) is 0 Å². The van der Waals surface area contributed by atoms with Gasteiger partial charge in [-0.25, -0.2) is 0 Å². The van der Waals surface area contributed by atoms with Crippen molar-refractivity contribution >= 4 is 5.78 Å². The monoisotopic (exact) mass is 328 g/mol. The first-order chi connectivity index (χ1) is 11.4. The lowest BCUT2D eigenvalue weighted by Gasteiger charge is -2.21. The fourth-order valence-corrected chi connectivity index (χ4v) is 2.15. The molecular formula is C18H22N3O3+. The number of carbonyl (C=O) groups is 1. The maximum Gasteiger partial charge on any atom is 0.254 e. The van der Waals surface area contributed by atoms with Gasteiger partial charge in [0.2, 0.25) is 0 Å². The molecule has 0 saturated carbocycles. The number of Topliss-reactive ketones (excluding diaryl/α,β-unsaturated/α-hetero) is 1. The van der Waals surface area contributed by atoms with Crippen LogP contribution in [0, 0.1) is 10.3 Å². The van der Waals surface area contributed by atoms with Crippen molar-refractivity contribution in [3.8, 4) is 0 Å². The maximum absolute atomic E-state index is 12.2. The summed E-state index contributed by atoms with van der Waals surface area (Å²) >= 11 is 0. The van der Waals surface area contributed by atoms with Crippen LogP contribution in [0.2, 0.25) is 0 Å². The Bertz CT molecular complexity index is 682. The maximum atomic E-state index is 12.2. The molecule has 2 heterocycles. The Morgan fingerprint density at radius 3 is 2.62 bits per heavy atom. The predicted octanol–water partition coefficient (Wildman–Crippen LogP) is 3.13. The van der Waals surface area contributed by atoms with E-state index in [1.54, 1.807) is 23.1 Å². The van der Waals surface area contributed by atoms with Gasteiger partial charge in [-0.1, -0.05) is 26.8 Å². The first-order valence-electron chi connectivity index (χ1n) is 7.67. The van der Waals surface area contributed by atoms with Gasteiger partial charge in [0.25, 0.3) is 6.73 Å². The second-order valence-corrected chi connectivity index (χ2v) is 6.47. The lowest BCUT2D eigenvalue weighted by Crippen LogP contribution is -2.36. The minimum Gasteiger partial charge on any atom is -0.323 e. The molecule has 6 nitrogen and oxygen atoms in total. The first-order valence-corrected chi connectivity index (χ1v) is 7.67. The van der Waals surface area contributed by atoms with E-state index in [9.17, 15) is 9.70 Å². The van der Waals surface area contributed by atoms with E-state index in [0.717, 1.165) is 0 Å². The molecule has 6 heteroatoms. The van der Waals surface area contributed by atoms with Crippen molar-refractivity contribution in [3.05, 3.63) is 71.3 Å². The van der Waals surface area contributed by atoms with E-state index >= 15 is 0 Å². The lowest BCUT2D eigenvalue weighted by atomic mass is 9.87. The Labute approximate surface area is 141 Å². The second-order valence-electron chi connectivity index (χ2n) is 6.47. The summed E-state index contributed by atoms with van der Waals surface area (Å²) in [6.07, 6.45) is 12.1. The first kappa shape index (κ1) is 17.7. The SMILES string of the molecule is CC(C)(C)C(=O)c1cc[n+](COCN2C=CC=C/C2=C\N=O)cc1. The van der Waals surface area contributed by atoms with Crippen LogP contribution >= 0.6 is 0 Å². The fourth-order valence-electron chi connectivity index (χ4n) is 2.15. The molecule has 0 spiro atoms. The van der Waals surface area contributed by atoms with Crippen LogP contribution in [0.4, 0.5) is 0 Å². The zero-order valence-electron chi connectivity index (χ0n) is 14.2. The van der Waals surface area contributed by atoms with Gasteiger partial charge in [-0.15, -0.1) is 4.91 Å². The predicted molar refractivity (Wildman–Crippen MR) is 90.4 cm³/mol. The molecule has 0 atom stereocenters. The molecule has 1 aliphatic rings. The molecule has 1 aromatic rings. The molecule has 1 aromatic heterocycles. The highest BCUT2D eigenvalue weighted by Crippen LogP contribution is 2.19. The lowest BCUT2D eigenvalue weighted by molar-refractivity contribution is -0.733. The Morgan fingerprint density at radius 2 is 2.00 bits per heavy atom. The number of rotatable bonds is 6. The van der Waals surface area contributed by atoms with Gasteiger partial charge < -0.3 is 9.64 Å². The largest absolute Gasteiger partial charge is 0.323 e. The second kappa shape index (κ2) is 7.79. The van der Waals surface area contributed by atoms with Crippen LogP contribution in [-0.2, 0) is 11.5 Å². The van der Waals surface area contributed by atoms with E-state index < -0.39 is 5.41 Å². The molecule has 0 aromatic carbocycles. The molecule has 0 fully saturated rings. The molecule has 126 valence electrons. The summed E-state index contributed by atoms with van der Waals surface area (Å²) in [5.74, 6) is 0.108. The summed E-state index contributed by atoms with van der Waals surface area (Å²) in [5, 5.41) is 2.79. The number of carbonyl (C=O) groups excluding carboxylic acids is 1. The normalized spacial score (nSPS) is 15.8. The standard InChI is InChI=1S/C18H22N3O3/c1-18(2,3)17(22)15-7-10-20(11-8-15)13-24-14-21-9-5-4-6-16(21)12-19-23/h4-12H,13-14H2,1-3H3/q+1/b16-12+. The van der Waals surface area contributed by atoms with Gasteiger partial charge in [-0.05, 0) is 17.3 Å². The molecule has 0 unspecified atom stereocenters. The number of pyridine rings is 1. The van der Waals surface area contributed by atoms with Crippen molar-refractivity contribution in [1.29, 1.82) is 0 Å². The third-order valence-corrected chi connectivity index (χ3v) is 3.47. The summed E-state index contributed by atoms with van der Waals surface area (Å²) in [5.41, 5.74) is 0.959. The summed E-state index contributed by atoms with van der Waals surface area (Å²) in [4.78, 5) is 24.4. The Morgan fingerprint density at radius 1 is 1.29 bits per heavy atom. The number of aromatic nitrogens is 1. The van der Waals surface area contributed by atoms with Gasteiger partial charge in [0, 0.05) is 29.3 Å². The molecule has 0 bridgehead atoms. The van der Waals surface area contributed by atoms with Gasteiger partial charge in [-0.3, -0.25) is 4.79 Å². The van der Waals surface area contributed by atoms with Gasteiger partial charge in [0.15, 0.2) is 18.2 Å². The van der Waals surface area contributed by atoms with Gasteiger partial charge in [-0.2, -0.15) is 4.57 Å². The smallest absolute Gasteiger partial charge is 0.254 e. The zero-order chi connectivity index (χ0) is 17.6. The molecule has 2 rings (SSSR count). The summed E-state index contributed by atoms with van der Waals surface area (Å²) < 4.78 is 7.48.